The van der Waals surface area contributed by atoms with E-state index in [-0.39, 0.29) is 5.91 Å². The van der Waals surface area contributed by atoms with E-state index in [1.807, 2.05) is 11.3 Å². The zero-order chi connectivity index (χ0) is 15.1. The van der Waals surface area contributed by atoms with E-state index < -0.39 is 0 Å². The van der Waals surface area contributed by atoms with E-state index in [1.54, 1.807) is 6.92 Å². The molecule has 0 unspecified atom stereocenters. The van der Waals surface area contributed by atoms with E-state index in [2.05, 4.69) is 21.0 Å². The zero-order valence-corrected chi connectivity index (χ0v) is 14.1. The van der Waals surface area contributed by atoms with Crippen LogP contribution in [0.5, 0.6) is 0 Å². The SMILES string of the molecule is CC(=O)N(C[C@H]1CCCN1Cc1cnc(C2CC2)s1)C1CC1. The minimum atomic E-state index is 0.253. The molecule has 2 aliphatic carbocycles. The molecule has 1 aliphatic heterocycles. The number of carbonyl (C=O) groups is 1. The minimum absolute atomic E-state index is 0.253. The molecule has 22 heavy (non-hydrogen) atoms. The highest BCUT2D eigenvalue weighted by atomic mass is 32.1. The van der Waals surface area contributed by atoms with E-state index >= 15 is 0 Å². The van der Waals surface area contributed by atoms with Crippen LogP contribution >= 0.6 is 11.3 Å². The molecule has 0 N–H and O–H groups in total. The van der Waals surface area contributed by atoms with Gasteiger partial charge in [-0.3, -0.25) is 9.69 Å². The van der Waals surface area contributed by atoms with Gasteiger partial charge in [0.05, 0.1) is 5.01 Å². The summed E-state index contributed by atoms with van der Waals surface area (Å²) in [4.78, 5) is 22.5. The van der Waals surface area contributed by atoms with Crippen molar-refractivity contribution < 1.29 is 4.79 Å². The molecule has 0 bridgehead atoms. The molecule has 2 heterocycles. The maximum absolute atomic E-state index is 11.9. The van der Waals surface area contributed by atoms with Crippen molar-refractivity contribution in [1.82, 2.24) is 14.8 Å². The van der Waals surface area contributed by atoms with E-state index in [0.29, 0.717) is 12.1 Å². The lowest BCUT2D eigenvalue weighted by Crippen LogP contribution is -2.43. The van der Waals surface area contributed by atoms with Gasteiger partial charge in [-0.25, -0.2) is 4.98 Å². The molecule has 4 rings (SSSR count). The molecule has 1 atom stereocenters. The van der Waals surface area contributed by atoms with Gasteiger partial charge in [-0.15, -0.1) is 11.3 Å². The van der Waals surface area contributed by atoms with Crippen LogP contribution < -0.4 is 0 Å². The lowest BCUT2D eigenvalue weighted by atomic mass is 10.2. The predicted molar refractivity (Wildman–Crippen MR) is 87.9 cm³/mol. The molecular formula is C17H25N3OS. The molecule has 120 valence electrons. The van der Waals surface area contributed by atoms with Crippen LogP contribution in [0.2, 0.25) is 0 Å². The Hall–Kier alpha value is -0.940. The quantitative estimate of drug-likeness (QED) is 0.809. The van der Waals surface area contributed by atoms with Gasteiger partial charge in [0.15, 0.2) is 0 Å². The van der Waals surface area contributed by atoms with Crippen molar-refractivity contribution in [2.24, 2.45) is 0 Å². The highest BCUT2D eigenvalue weighted by Crippen LogP contribution is 2.42. The van der Waals surface area contributed by atoms with Crippen molar-refractivity contribution in [3.05, 3.63) is 16.1 Å². The van der Waals surface area contributed by atoms with E-state index in [0.717, 1.165) is 25.6 Å². The van der Waals surface area contributed by atoms with Crippen LogP contribution in [-0.4, -0.2) is 45.9 Å². The van der Waals surface area contributed by atoms with Gasteiger partial charge in [-0.2, -0.15) is 0 Å². The third-order valence-electron chi connectivity index (χ3n) is 5.16. The molecule has 0 spiro atoms. The fraction of sp³-hybridized carbons (Fsp3) is 0.765. The van der Waals surface area contributed by atoms with E-state index in [4.69, 9.17) is 0 Å². The molecule has 0 radical (unpaired) electrons. The van der Waals surface area contributed by atoms with Crippen LogP contribution in [0.4, 0.5) is 0 Å². The highest BCUT2D eigenvalue weighted by Gasteiger charge is 2.35. The number of nitrogens with zero attached hydrogens (tertiary/aromatic N) is 3. The zero-order valence-electron chi connectivity index (χ0n) is 13.3. The molecule has 0 aromatic carbocycles. The van der Waals surface area contributed by atoms with Crippen molar-refractivity contribution >= 4 is 17.2 Å². The molecule has 4 nitrogen and oxygen atoms in total. The molecule has 1 aromatic rings. The van der Waals surface area contributed by atoms with Crippen LogP contribution in [0.1, 0.15) is 61.3 Å². The topological polar surface area (TPSA) is 36.4 Å². The number of carbonyl (C=O) groups excluding carboxylic acids is 1. The Kier molecular flexibility index (Phi) is 3.95. The Morgan fingerprint density at radius 1 is 1.36 bits per heavy atom. The molecule has 3 fully saturated rings. The third-order valence-corrected chi connectivity index (χ3v) is 6.30. The third kappa shape index (κ3) is 3.20. The number of likely N-dealkylation sites (tertiary alicyclic amines) is 1. The Bertz CT molecular complexity index is 550. The van der Waals surface area contributed by atoms with E-state index in [1.165, 1.54) is 48.4 Å². The summed E-state index contributed by atoms with van der Waals surface area (Å²) in [7, 11) is 0. The predicted octanol–water partition coefficient (Wildman–Crippen LogP) is 3.00. The first kappa shape index (κ1) is 14.6. The summed E-state index contributed by atoms with van der Waals surface area (Å²) in [5.41, 5.74) is 0. The maximum atomic E-state index is 11.9. The normalized spacial score (nSPS) is 25.6. The van der Waals surface area contributed by atoms with Crippen molar-refractivity contribution in [2.45, 2.75) is 70.0 Å². The van der Waals surface area contributed by atoms with Crippen LogP contribution in [0.15, 0.2) is 6.20 Å². The lowest BCUT2D eigenvalue weighted by Gasteiger charge is -2.30. The first-order chi connectivity index (χ1) is 10.7. The molecule has 3 aliphatic rings. The van der Waals surface area contributed by atoms with Crippen LogP contribution in [0.3, 0.4) is 0 Å². The Labute approximate surface area is 136 Å². The van der Waals surface area contributed by atoms with Gasteiger partial charge in [0.1, 0.15) is 0 Å². The van der Waals surface area contributed by atoms with Gasteiger partial charge in [0, 0.05) is 49.1 Å². The first-order valence-corrected chi connectivity index (χ1v) is 9.48. The summed E-state index contributed by atoms with van der Waals surface area (Å²) in [6.45, 7) is 4.83. The first-order valence-electron chi connectivity index (χ1n) is 8.66. The molecule has 1 amide bonds. The van der Waals surface area contributed by atoms with Crippen LogP contribution in [0, 0.1) is 0 Å². The molecule has 1 aromatic heterocycles. The van der Waals surface area contributed by atoms with Crippen molar-refractivity contribution in [1.29, 1.82) is 0 Å². The number of hydrogen-bond acceptors (Lipinski definition) is 4. The molecule has 5 heteroatoms. The van der Waals surface area contributed by atoms with Crippen molar-refractivity contribution in [3.63, 3.8) is 0 Å². The number of rotatable bonds is 6. The number of aromatic nitrogens is 1. The Morgan fingerprint density at radius 3 is 2.86 bits per heavy atom. The second-order valence-corrected chi connectivity index (χ2v) is 8.25. The second-order valence-electron chi connectivity index (χ2n) is 7.11. The minimum Gasteiger partial charge on any atom is -0.338 e. The van der Waals surface area contributed by atoms with Gasteiger partial charge in [-0.1, -0.05) is 0 Å². The molecule has 2 saturated carbocycles. The monoisotopic (exact) mass is 319 g/mol. The summed E-state index contributed by atoms with van der Waals surface area (Å²) >= 11 is 1.90. The van der Waals surface area contributed by atoms with Gasteiger partial charge in [-0.05, 0) is 45.1 Å². The maximum Gasteiger partial charge on any atom is 0.219 e. The number of thiazole rings is 1. The average molecular weight is 319 g/mol. The van der Waals surface area contributed by atoms with Gasteiger partial charge >= 0.3 is 0 Å². The fourth-order valence-electron chi connectivity index (χ4n) is 3.57. The van der Waals surface area contributed by atoms with Crippen LogP contribution in [-0.2, 0) is 11.3 Å². The summed E-state index contributed by atoms with van der Waals surface area (Å²) in [5, 5.41) is 1.34. The van der Waals surface area contributed by atoms with E-state index in [9.17, 15) is 4.79 Å². The smallest absolute Gasteiger partial charge is 0.219 e. The van der Waals surface area contributed by atoms with Crippen molar-refractivity contribution in [2.75, 3.05) is 13.1 Å². The standard InChI is InChI=1S/C17H25N3OS/c1-12(21)20(14-6-7-14)10-15-3-2-8-19(15)11-16-9-18-17(22-16)13-4-5-13/h9,13-15H,2-8,10-11H2,1H3/t15-/m1/s1. The van der Waals surface area contributed by atoms with Crippen molar-refractivity contribution in [3.8, 4) is 0 Å². The number of hydrogen-bond donors (Lipinski definition) is 0. The highest BCUT2D eigenvalue weighted by molar-refractivity contribution is 7.11. The Morgan fingerprint density at radius 2 is 2.18 bits per heavy atom. The largest absolute Gasteiger partial charge is 0.338 e. The lowest BCUT2D eigenvalue weighted by molar-refractivity contribution is -0.130. The fourth-order valence-corrected chi connectivity index (χ4v) is 4.69. The summed E-state index contributed by atoms with van der Waals surface area (Å²) in [6, 6.07) is 1.07. The Balaban J connectivity index is 1.38. The summed E-state index contributed by atoms with van der Waals surface area (Å²) in [6.07, 6.45) is 9.62. The summed E-state index contributed by atoms with van der Waals surface area (Å²) < 4.78 is 0. The van der Waals surface area contributed by atoms with Gasteiger partial charge in [0.2, 0.25) is 5.91 Å². The average Bonchev–Trinajstić information content (AvgIpc) is 3.42. The van der Waals surface area contributed by atoms with Gasteiger partial charge < -0.3 is 4.90 Å². The summed E-state index contributed by atoms with van der Waals surface area (Å²) in [5.74, 6) is 1.01. The number of amides is 1. The van der Waals surface area contributed by atoms with Crippen LogP contribution in [0.25, 0.3) is 0 Å². The second kappa shape index (κ2) is 5.93. The molecule has 1 saturated heterocycles. The van der Waals surface area contributed by atoms with Gasteiger partial charge in [0.25, 0.3) is 0 Å². The molecular weight excluding hydrogens is 294 g/mol.